The Bertz CT molecular complexity index is 726. The number of carbonyl (C=O) groups is 1. The van der Waals surface area contributed by atoms with Gasteiger partial charge < -0.3 is 5.32 Å². The van der Waals surface area contributed by atoms with Crippen molar-refractivity contribution in [3.8, 4) is 0 Å². The summed E-state index contributed by atoms with van der Waals surface area (Å²) in [4.78, 5) is 27.7. The molecule has 1 aromatic heterocycles. The number of ketones is 1. The van der Waals surface area contributed by atoms with Gasteiger partial charge in [-0.05, 0) is 25.8 Å². The molecule has 1 N–H and O–H groups in total. The number of halogens is 1. The first-order chi connectivity index (χ1) is 10.5. The molecule has 116 valence electrons. The van der Waals surface area contributed by atoms with Crippen molar-refractivity contribution in [3.63, 3.8) is 0 Å². The zero-order chi connectivity index (χ0) is 16.1. The molecule has 5 nitrogen and oxygen atoms in total. The summed E-state index contributed by atoms with van der Waals surface area (Å²) in [7, 11) is 0. The smallest absolute Gasteiger partial charge is 0.294 e. The minimum absolute atomic E-state index is 0.000270. The number of anilines is 1. The van der Waals surface area contributed by atoms with Crippen LogP contribution in [0.15, 0.2) is 35.1 Å². The molecule has 0 saturated heterocycles. The van der Waals surface area contributed by atoms with Crippen LogP contribution < -0.4 is 10.9 Å². The van der Waals surface area contributed by atoms with Crippen molar-refractivity contribution < 1.29 is 4.79 Å². The minimum atomic E-state index is -0.329. The summed E-state index contributed by atoms with van der Waals surface area (Å²) in [5, 5.41) is 3.23. The van der Waals surface area contributed by atoms with E-state index in [1.807, 2.05) is 30.3 Å². The maximum absolute atomic E-state index is 12.3. The highest BCUT2D eigenvalue weighted by Gasteiger charge is 2.13. The van der Waals surface area contributed by atoms with Crippen LogP contribution >= 0.6 is 11.6 Å². The second-order valence-corrected chi connectivity index (χ2v) is 5.45. The van der Waals surface area contributed by atoms with Crippen LogP contribution in [0.5, 0.6) is 0 Å². The van der Waals surface area contributed by atoms with Gasteiger partial charge in [0, 0.05) is 6.54 Å². The first kappa shape index (κ1) is 16.2. The molecule has 0 spiro atoms. The van der Waals surface area contributed by atoms with Crippen LogP contribution in [0.3, 0.4) is 0 Å². The predicted octanol–water partition coefficient (Wildman–Crippen LogP) is 2.45. The normalized spacial score (nSPS) is 10.5. The lowest BCUT2D eigenvalue weighted by Gasteiger charge is -2.12. The predicted molar refractivity (Wildman–Crippen MR) is 87.6 cm³/mol. The maximum Gasteiger partial charge on any atom is 0.294 e. The number of aromatic nitrogens is 2. The number of benzene rings is 1. The lowest BCUT2D eigenvalue weighted by atomic mass is 10.1. The summed E-state index contributed by atoms with van der Waals surface area (Å²) in [6, 6.07) is 9.93. The first-order valence-electron chi connectivity index (χ1n) is 7.03. The third-order valence-corrected chi connectivity index (χ3v) is 3.65. The van der Waals surface area contributed by atoms with E-state index in [-0.39, 0.29) is 28.9 Å². The number of carbonyl (C=O) groups excluding carboxylic acids is 1. The van der Waals surface area contributed by atoms with Crippen molar-refractivity contribution in [2.24, 2.45) is 0 Å². The Labute approximate surface area is 134 Å². The van der Waals surface area contributed by atoms with Crippen LogP contribution in [0.2, 0.25) is 5.15 Å². The Morgan fingerprint density at radius 3 is 2.64 bits per heavy atom. The molecule has 6 heteroatoms. The van der Waals surface area contributed by atoms with Crippen LogP contribution in [-0.2, 0) is 17.8 Å². The molecule has 0 aliphatic heterocycles. The van der Waals surface area contributed by atoms with E-state index in [9.17, 15) is 9.59 Å². The zero-order valence-electron chi connectivity index (χ0n) is 12.6. The van der Waals surface area contributed by atoms with Crippen molar-refractivity contribution in [1.29, 1.82) is 0 Å². The number of hydrogen-bond donors (Lipinski definition) is 1. The van der Waals surface area contributed by atoms with Gasteiger partial charge in [-0.25, -0.2) is 4.98 Å². The molecule has 0 radical (unpaired) electrons. The van der Waals surface area contributed by atoms with Gasteiger partial charge >= 0.3 is 0 Å². The van der Waals surface area contributed by atoms with E-state index in [4.69, 9.17) is 11.6 Å². The van der Waals surface area contributed by atoms with Gasteiger partial charge in [0.25, 0.3) is 5.56 Å². The zero-order valence-corrected chi connectivity index (χ0v) is 13.4. The van der Waals surface area contributed by atoms with Gasteiger partial charge in [0.05, 0.1) is 12.2 Å². The molecule has 0 unspecified atom stereocenters. The van der Waals surface area contributed by atoms with Crippen LogP contribution in [0.25, 0.3) is 0 Å². The quantitative estimate of drug-likeness (QED) is 0.888. The van der Waals surface area contributed by atoms with Crippen molar-refractivity contribution in [2.75, 3.05) is 11.9 Å². The van der Waals surface area contributed by atoms with Gasteiger partial charge in [0.1, 0.15) is 5.78 Å². The lowest BCUT2D eigenvalue weighted by molar-refractivity contribution is -0.117. The fourth-order valence-electron chi connectivity index (χ4n) is 2.12. The SMILES string of the molecule is CC(=O)Cn1c(C)c(Cl)nc(NCCc2ccccc2)c1=O. The fourth-order valence-corrected chi connectivity index (χ4v) is 2.30. The van der Waals surface area contributed by atoms with Gasteiger partial charge in [-0.15, -0.1) is 0 Å². The number of nitrogens with zero attached hydrogens (tertiary/aromatic N) is 2. The Kier molecular flexibility index (Phi) is 5.33. The summed E-state index contributed by atoms with van der Waals surface area (Å²) in [5.41, 5.74) is 1.33. The monoisotopic (exact) mass is 319 g/mol. The third-order valence-electron chi connectivity index (χ3n) is 3.29. The summed E-state index contributed by atoms with van der Waals surface area (Å²) in [6.07, 6.45) is 0.764. The summed E-state index contributed by atoms with van der Waals surface area (Å²) < 4.78 is 1.35. The molecule has 0 amide bonds. The Morgan fingerprint density at radius 1 is 1.32 bits per heavy atom. The number of nitrogens with one attached hydrogen (secondary N) is 1. The number of rotatable bonds is 6. The molecule has 2 rings (SSSR count). The molecule has 2 aromatic rings. The summed E-state index contributed by atoms with van der Waals surface area (Å²) in [5.74, 6) is 0.0653. The fraction of sp³-hybridized carbons (Fsp3) is 0.312. The van der Waals surface area contributed by atoms with Crippen molar-refractivity contribution in [1.82, 2.24) is 9.55 Å². The molecule has 0 aliphatic rings. The number of hydrogen-bond acceptors (Lipinski definition) is 4. The molecule has 1 aromatic carbocycles. The maximum atomic E-state index is 12.3. The molecule has 22 heavy (non-hydrogen) atoms. The molecule has 0 fully saturated rings. The van der Waals surface area contributed by atoms with E-state index >= 15 is 0 Å². The van der Waals surface area contributed by atoms with Gasteiger partial charge in [0.15, 0.2) is 11.0 Å². The van der Waals surface area contributed by atoms with Gasteiger partial charge in [-0.2, -0.15) is 0 Å². The van der Waals surface area contributed by atoms with E-state index < -0.39 is 0 Å². The van der Waals surface area contributed by atoms with E-state index in [0.29, 0.717) is 12.2 Å². The van der Waals surface area contributed by atoms with Gasteiger partial charge in [-0.1, -0.05) is 41.9 Å². The average Bonchev–Trinajstić information content (AvgIpc) is 2.49. The van der Waals surface area contributed by atoms with Crippen LogP contribution in [0.1, 0.15) is 18.2 Å². The van der Waals surface area contributed by atoms with Crippen molar-refractivity contribution in [2.45, 2.75) is 26.8 Å². The minimum Gasteiger partial charge on any atom is -0.365 e. The molecule has 0 atom stereocenters. The van der Waals surface area contributed by atoms with Crippen molar-refractivity contribution >= 4 is 23.2 Å². The van der Waals surface area contributed by atoms with E-state index in [2.05, 4.69) is 10.3 Å². The summed E-state index contributed by atoms with van der Waals surface area (Å²) >= 11 is 6.05. The molecular formula is C16H18ClN3O2. The van der Waals surface area contributed by atoms with Crippen LogP contribution in [-0.4, -0.2) is 21.9 Å². The standard InChI is InChI=1S/C16H18ClN3O2/c1-11(21)10-20-12(2)14(17)19-15(16(20)22)18-9-8-13-6-4-3-5-7-13/h3-7H,8-10H2,1-2H3,(H,18,19). The molecule has 0 bridgehead atoms. The van der Waals surface area contributed by atoms with E-state index in [0.717, 1.165) is 12.0 Å². The summed E-state index contributed by atoms with van der Waals surface area (Å²) in [6.45, 7) is 3.67. The Balaban J connectivity index is 2.15. The highest BCUT2D eigenvalue weighted by atomic mass is 35.5. The van der Waals surface area contributed by atoms with Crippen LogP contribution in [0.4, 0.5) is 5.82 Å². The van der Waals surface area contributed by atoms with E-state index in [1.165, 1.54) is 11.5 Å². The second kappa shape index (κ2) is 7.22. The highest BCUT2D eigenvalue weighted by Crippen LogP contribution is 2.12. The molecule has 0 saturated carbocycles. The van der Waals surface area contributed by atoms with Gasteiger partial charge in [-0.3, -0.25) is 14.2 Å². The molecule has 1 heterocycles. The largest absolute Gasteiger partial charge is 0.365 e. The molecule has 0 aliphatic carbocycles. The van der Waals surface area contributed by atoms with Gasteiger partial charge in [0.2, 0.25) is 0 Å². The number of Topliss-reactive ketones (excluding diaryl/α,β-unsaturated/α-hetero) is 1. The van der Waals surface area contributed by atoms with Crippen molar-refractivity contribution in [3.05, 3.63) is 57.1 Å². The highest BCUT2D eigenvalue weighted by molar-refractivity contribution is 6.30. The topological polar surface area (TPSA) is 64.0 Å². The third kappa shape index (κ3) is 3.95. The van der Waals surface area contributed by atoms with Crippen LogP contribution in [0, 0.1) is 6.92 Å². The molecular weight excluding hydrogens is 302 g/mol. The average molecular weight is 320 g/mol. The van der Waals surface area contributed by atoms with E-state index in [1.54, 1.807) is 6.92 Å². The Hall–Kier alpha value is -2.14. The lowest BCUT2D eigenvalue weighted by Crippen LogP contribution is -2.29. The Morgan fingerprint density at radius 2 is 2.00 bits per heavy atom. The second-order valence-electron chi connectivity index (χ2n) is 5.09. The first-order valence-corrected chi connectivity index (χ1v) is 7.41.